The molecule has 2 rings (SSSR count). The number of amides is 1. The van der Waals surface area contributed by atoms with Gasteiger partial charge in [0.05, 0.1) is 5.54 Å². The predicted molar refractivity (Wildman–Crippen MR) is 66.4 cm³/mol. The average Bonchev–Trinajstić information content (AvgIpc) is 2.44. The molecule has 1 amide bonds. The highest BCUT2D eigenvalue weighted by Crippen LogP contribution is 2.15. The molecule has 1 fully saturated rings. The van der Waals surface area contributed by atoms with Gasteiger partial charge in [-0.25, -0.2) is 0 Å². The van der Waals surface area contributed by atoms with E-state index in [0.29, 0.717) is 6.54 Å². The second-order valence-corrected chi connectivity index (χ2v) is 4.99. The van der Waals surface area contributed by atoms with Crippen LogP contribution in [-0.2, 0) is 11.3 Å². The maximum atomic E-state index is 12.3. The molecule has 0 radical (unpaired) electrons. The van der Waals surface area contributed by atoms with Crippen LogP contribution in [0, 0.1) is 0 Å². The molecule has 1 aromatic heterocycles. The van der Waals surface area contributed by atoms with Crippen LogP contribution in [0.5, 0.6) is 0 Å². The number of carbonyl (C=O) groups excluding carboxylic acids is 1. The lowest BCUT2D eigenvalue weighted by molar-refractivity contribution is -0.136. The molecule has 0 unspecified atom stereocenters. The quantitative estimate of drug-likeness (QED) is 0.834. The van der Waals surface area contributed by atoms with Gasteiger partial charge in [-0.2, -0.15) is 0 Å². The third kappa shape index (κ3) is 2.82. The van der Waals surface area contributed by atoms with Gasteiger partial charge in [0.25, 0.3) is 0 Å². The fourth-order valence-corrected chi connectivity index (χ4v) is 2.10. The van der Waals surface area contributed by atoms with E-state index in [1.54, 1.807) is 12.4 Å². The maximum Gasteiger partial charge on any atom is 0.242 e. The molecule has 92 valence electrons. The van der Waals surface area contributed by atoms with Crippen LogP contribution in [0.2, 0.25) is 0 Å². The van der Waals surface area contributed by atoms with E-state index in [1.165, 1.54) is 0 Å². The number of rotatable bonds is 2. The van der Waals surface area contributed by atoms with Crippen molar-refractivity contribution in [3.8, 4) is 0 Å². The van der Waals surface area contributed by atoms with Crippen molar-refractivity contribution in [3.63, 3.8) is 0 Å². The molecule has 1 aromatic rings. The summed E-state index contributed by atoms with van der Waals surface area (Å²) in [5.74, 6) is 0.173. The fraction of sp³-hybridized carbons (Fsp3) is 0.538. The summed E-state index contributed by atoms with van der Waals surface area (Å²) >= 11 is 0. The van der Waals surface area contributed by atoms with Gasteiger partial charge in [0.15, 0.2) is 0 Å². The molecule has 0 aliphatic carbocycles. The van der Waals surface area contributed by atoms with Crippen molar-refractivity contribution in [2.45, 2.75) is 32.4 Å². The molecule has 0 aromatic carbocycles. The van der Waals surface area contributed by atoms with Crippen LogP contribution < -0.4 is 5.32 Å². The van der Waals surface area contributed by atoms with E-state index >= 15 is 0 Å². The zero-order valence-electron chi connectivity index (χ0n) is 10.4. The van der Waals surface area contributed by atoms with E-state index in [4.69, 9.17) is 0 Å². The summed E-state index contributed by atoms with van der Waals surface area (Å²) in [4.78, 5) is 18.2. The first-order valence-electron chi connectivity index (χ1n) is 6.03. The number of nitrogens with zero attached hydrogens (tertiary/aromatic N) is 2. The smallest absolute Gasteiger partial charge is 0.242 e. The topological polar surface area (TPSA) is 45.2 Å². The zero-order valence-corrected chi connectivity index (χ0v) is 10.4. The van der Waals surface area contributed by atoms with E-state index in [0.717, 1.165) is 25.1 Å². The predicted octanol–water partition coefficient (Wildman–Crippen LogP) is 1.18. The number of pyridine rings is 1. The molecule has 0 spiro atoms. The van der Waals surface area contributed by atoms with Crippen molar-refractivity contribution in [2.24, 2.45) is 0 Å². The van der Waals surface area contributed by atoms with Crippen LogP contribution in [0.1, 0.15) is 25.8 Å². The van der Waals surface area contributed by atoms with Crippen LogP contribution in [0.3, 0.4) is 0 Å². The summed E-state index contributed by atoms with van der Waals surface area (Å²) in [5.41, 5.74) is 0.676. The molecular weight excluding hydrogens is 214 g/mol. The van der Waals surface area contributed by atoms with E-state index in [2.05, 4.69) is 10.3 Å². The van der Waals surface area contributed by atoms with Gasteiger partial charge in [0.2, 0.25) is 5.91 Å². The van der Waals surface area contributed by atoms with Gasteiger partial charge in [-0.05, 0) is 44.5 Å². The normalized spacial score (nSPS) is 20.1. The second kappa shape index (κ2) is 4.84. The van der Waals surface area contributed by atoms with Gasteiger partial charge in [-0.3, -0.25) is 9.78 Å². The summed E-state index contributed by atoms with van der Waals surface area (Å²) < 4.78 is 0. The minimum atomic E-state index is -0.455. The van der Waals surface area contributed by atoms with E-state index in [1.807, 2.05) is 30.9 Å². The van der Waals surface area contributed by atoms with Gasteiger partial charge in [-0.15, -0.1) is 0 Å². The summed E-state index contributed by atoms with van der Waals surface area (Å²) in [7, 11) is 0. The SMILES string of the molecule is CC1(C)NCCCN(Cc2ccncc2)C1=O. The summed E-state index contributed by atoms with van der Waals surface area (Å²) in [6.45, 7) is 6.27. The molecule has 1 aliphatic rings. The van der Waals surface area contributed by atoms with Crippen molar-refractivity contribution >= 4 is 5.91 Å². The van der Waals surface area contributed by atoms with E-state index in [-0.39, 0.29) is 5.91 Å². The Bertz CT molecular complexity index is 389. The zero-order chi connectivity index (χ0) is 12.3. The Morgan fingerprint density at radius 1 is 1.41 bits per heavy atom. The molecule has 4 heteroatoms. The molecule has 1 N–H and O–H groups in total. The third-order valence-electron chi connectivity index (χ3n) is 3.12. The second-order valence-electron chi connectivity index (χ2n) is 4.99. The summed E-state index contributed by atoms with van der Waals surface area (Å²) in [6.07, 6.45) is 4.53. The van der Waals surface area contributed by atoms with Crippen molar-refractivity contribution in [3.05, 3.63) is 30.1 Å². The van der Waals surface area contributed by atoms with Gasteiger partial charge in [-0.1, -0.05) is 0 Å². The molecule has 1 saturated heterocycles. The van der Waals surface area contributed by atoms with Crippen LogP contribution in [0.15, 0.2) is 24.5 Å². The monoisotopic (exact) mass is 233 g/mol. The molecular formula is C13H19N3O. The van der Waals surface area contributed by atoms with Gasteiger partial charge >= 0.3 is 0 Å². The maximum absolute atomic E-state index is 12.3. The van der Waals surface area contributed by atoms with Crippen LogP contribution in [-0.4, -0.2) is 34.4 Å². The number of hydrogen-bond donors (Lipinski definition) is 1. The lowest BCUT2D eigenvalue weighted by Gasteiger charge is -2.29. The standard InChI is InChI=1S/C13H19N3O/c1-13(2)12(17)16(9-3-6-15-13)10-11-4-7-14-8-5-11/h4-5,7-8,15H,3,6,9-10H2,1-2H3. The highest BCUT2D eigenvalue weighted by molar-refractivity contribution is 5.85. The van der Waals surface area contributed by atoms with E-state index < -0.39 is 5.54 Å². The average molecular weight is 233 g/mol. The third-order valence-corrected chi connectivity index (χ3v) is 3.12. The summed E-state index contributed by atoms with van der Waals surface area (Å²) in [5, 5.41) is 3.28. The Balaban J connectivity index is 2.12. The Hall–Kier alpha value is -1.42. The first-order valence-corrected chi connectivity index (χ1v) is 6.03. The van der Waals surface area contributed by atoms with Crippen LogP contribution in [0.4, 0.5) is 0 Å². The van der Waals surface area contributed by atoms with Crippen LogP contribution in [0.25, 0.3) is 0 Å². The highest BCUT2D eigenvalue weighted by Gasteiger charge is 2.33. The first kappa shape index (κ1) is 12.0. The highest BCUT2D eigenvalue weighted by atomic mass is 16.2. The van der Waals surface area contributed by atoms with Crippen molar-refractivity contribution < 1.29 is 4.79 Å². The number of carbonyl (C=O) groups is 1. The Morgan fingerprint density at radius 2 is 2.12 bits per heavy atom. The molecule has 17 heavy (non-hydrogen) atoms. The van der Waals surface area contributed by atoms with Gasteiger partial charge in [0, 0.05) is 25.5 Å². The number of hydrogen-bond acceptors (Lipinski definition) is 3. The first-order chi connectivity index (χ1) is 8.09. The van der Waals surface area contributed by atoms with Gasteiger partial charge < -0.3 is 10.2 Å². The van der Waals surface area contributed by atoms with Crippen molar-refractivity contribution in [2.75, 3.05) is 13.1 Å². The molecule has 0 saturated carbocycles. The van der Waals surface area contributed by atoms with Crippen molar-refractivity contribution in [1.29, 1.82) is 0 Å². The number of aromatic nitrogens is 1. The molecule has 4 nitrogen and oxygen atoms in total. The molecule has 1 aliphatic heterocycles. The Kier molecular flexibility index (Phi) is 3.43. The largest absolute Gasteiger partial charge is 0.337 e. The van der Waals surface area contributed by atoms with Crippen molar-refractivity contribution in [1.82, 2.24) is 15.2 Å². The minimum absolute atomic E-state index is 0.173. The Morgan fingerprint density at radius 3 is 2.82 bits per heavy atom. The lowest BCUT2D eigenvalue weighted by Crippen LogP contribution is -2.51. The van der Waals surface area contributed by atoms with Gasteiger partial charge in [0.1, 0.15) is 0 Å². The van der Waals surface area contributed by atoms with E-state index in [9.17, 15) is 4.79 Å². The minimum Gasteiger partial charge on any atom is -0.337 e. The Labute approximate surface area is 102 Å². The number of nitrogens with one attached hydrogen (secondary N) is 1. The summed E-state index contributed by atoms with van der Waals surface area (Å²) in [6, 6.07) is 3.91. The fourth-order valence-electron chi connectivity index (χ4n) is 2.10. The lowest BCUT2D eigenvalue weighted by atomic mass is 10.0. The molecule has 2 heterocycles. The molecule has 0 bridgehead atoms. The molecule has 0 atom stereocenters. The van der Waals surface area contributed by atoms with Crippen LogP contribution >= 0.6 is 0 Å².